The number of nitrogens with zero attached hydrogens (tertiary/aromatic N) is 2. The summed E-state index contributed by atoms with van der Waals surface area (Å²) in [6.07, 6.45) is 1.56. The van der Waals surface area contributed by atoms with Crippen LogP contribution in [0.15, 0.2) is 83.2 Å². The number of aromatic nitrogens is 2. The van der Waals surface area contributed by atoms with E-state index >= 15 is 0 Å². The second-order valence-electron chi connectivity index (χ2n) is 8.46. The minimum absolute atomic E-state index is 0.0981. The van der Waals surface area contributed by atoms with E-state index in [2.05, 4.69) is 9.88 Å². The maximum atomic E-state index is 13.6. The van der Waals surface area contributed by atoms with Crippen LogP contribution >= 0.6 is 12.2 Å². The Balaban J connectivity index is 1.43. The van der Waals surface area contributed by atoms with Crippen molar-refractivity contribution in [2.75, 3.05) is 13.1 Å². The Hall–Kier alpha value is -3.42. The fourth-order valence-electron chi connectivity index (χ4n) is 4.55. The summed E-state index contributed by atoms with van der Waals surface area (Å²) in [5.74, 6) is -0.584. The first kappa shape index (κ1) is 22.4. The number of piperidine rings is 1. The molecule has 0 atom stereocenters. The topological polar surface area (TPSA) is 41.0 Å². The molecule has 1 N–H and O–H groups in total. The Morgan fingerprint density at radius 1 is 0.853 bits per heavy atom. The van der Waals surface area contributed by atoms with Gasteiger partial charge in [0.1, 0.15) is 11.6 Å². The zero-order valence-corrected chi connectivity index (χ0v) is 19.2. The number of nitrogens with one attached hydrogen (secondary N) is 1. The highest BCUT2D eigenvalue weighted by Gasteiger charge is 2.20. The number of hydrogen-bond donors (Lipinski definition) is 1. The summed E-state index contributed by atoms with van der Waals surface area (Å²) < 4.78 is 29.1. The lowest BCUT2D eigenvalue weighted by Crippen LogP contribution is -2.37. The number of benzene rings is 3. The number of fused-ring (bicyclic) bond motifs is 1. The van der Waals surface area contributed by atoms with Crippen molar-refractivity contribution < 1.29 is 8.78 Å². The Morgan fingerprint density at radius 3 is 2.00 bits per heavy atom. The first-order valence-electron chi connectivity index (χ1n) is 11.2. The molecule has 0 saturated carbocycles. The minimum atomic E-state index is -0.292. The summed E-state index contributed by atoms with van der Waals surface area (Å²) in [7, 11) is 0. The Labute approximate surface area is 200 Å². The second-order valence-corrected chi connectivity index (χ2v) is 8.85. The highest BCUT2D eigenvalue weighted by molar-refractivity contribution is 7.71. The zero-order valence-electron chi connectivity index (χ0n) is 18.4. The molecule has 0 unspecified atom stereocenters. The van der Waals surface area contributed by atoms with Crippen LogP contribution in [0.2, 0.25) is 0 Å². The van der Waals surface area contributed by atoms with Crippen LogP contribution in [-0.4, -0.2) is 27.5 Å². The van der Waals surface area contributed by atoms with Crippen molar-refractivity contribution in [3.05, 3.63) is 116 Å². The van der Waals surface area contributed by atoms with Gasteiger partial charge in [-0.3, -0.25) is 14.3 Å². The van der Waals surface area contributed by atoms with Gasteiger partial charge in [-0.1, -0.05) is 42.0 Å². The third-order valence-corrected chi connectivity index (χ3v) is 6.63. The Bertz CT molecular complexity index is 1430. The molecular formula is C27H23F2N3OS. The van der Waals surface area contributed by atoms with E-state index in [1.807, 2.05) is 18.2 Å². The van der Waals surface area contributed by atoms with Gasteiger partial charge in [-0.2, -0.15) is 0 Å². The number of likely N-dealkylation sites (tertiary alicyclic amines) is 1. The third kappa shape index (κ3) is 4.49. The summed E-state index contributed by atoms with van der Waals surface area (Å²) in [6, 6.07) is 20.2. The molecule has 0 amide bonds. The molecule has 4 aromatic rings. The molecule has 3 aromatic carbocycles. The van der Waals surface area contributed by atoms with Crippen LogP contribution in [0.1, 0.15) is 24.0 Å². The maximum absolute atomic E-state index is 13.6. The predicted molar refractivity (Wildman–Crippen MR) is 133 cm³/mol. The van der Waals surface area contributed by atoms with Gasteiger partial charge in [-0.15, -0.1) is 0 Å². The molecular weight excluding hydrogens is 452 g/mol. The van der Waals surface area contributed by atoms with Crippen molar-refractivity contribution in [2.45, 2.75) is 19.5 Å². The summed E-state index contributed by atoms with van der Waals surface area (Å²) in [5.41, 5.74) is 4.69. The Morgan fingerprint density at radius 2 is 1.41 bits per heavy atom. The molecule has 0 aliphatic carbocycles. The number of hydrogen-bond acceptors (Lipinski definition) is 3. The third-order valence-electron chi connectivity index (χ3n) is 6.31. The first-order chi connectivity index (χ1) is 16.5. The van der Waals surface area contributed by atoms with Crippen LogP contribution < -0.4 is 5.56 Å². The van der Waals surface area contributed by atoms with Gasteiger partial charge in [0.2, 0.25) is 0 Å². The molecule has 5 rings (SSSR count). The van der Waals surface area contributed by atoms with Gasteiger partial charge < -0.3 is 4.98 Å². The Kier molecular flexibility index (Phi) is 6.22. The van der Waals surface area contributed by atoms with Crippen molar-refractivity contribution in [2.24, 2.45) is 0 Å². The van der Waals surface area contributed by atoms with Crippen molar-refractivity contribution >= 4 is 28.7 Å². The van der Waals surface area contributed by atoms with Crippen molar-refractivity contribution in [1.82, 2.24) is 14.5 Å². The molecule has 1 aliphatic rings. The molecule has 1 aromatic heterocycles. The minimum Gasteiger partial charge on any atom is -0.332 e. The highest BCUT2D eigenvalue weighted by atomic mass is 32.1. The summed E-state index contributed by atoms with van der Waals surface area (Å²) in [5, 5.41) is 0.614. The SMILES string of the molecule is O=c1c2ccccc2[nH]c(=S)n1CN1CCC(=C(c2ccc(F)cc2)c2ccc(F)cc2)CC1. The standard InChI is InChI=1S/C27H23F2N3OS/c28-21-9-5-18(6-10-21)25(19-7-11-22(29)12-8-19)20-13-15-31(16-14-20)17-32-26(33)23-3-1-2-4-24(23)30-27(32)34/h1-12H,13-17H2,(H,30,34). The van der Waals surface area contributed by atoms with Gasteiger partial charge >= 0.3 is 0 Å². The average Bonchev–Trinajstić information content (AvgIpc) is 2.85. The number of aromatic amines is 1. The number of halogens is 2. The van der Waals surface area contributed by atoms with Gasteiger partial charge in [-0.05, 0) is 78.2 Å². The smallest absolute Gasteiger partial charge is 0.263 e. The molecule has 2 heterocycles. The molecule has 0 bridgehead atoms. The van der Waals surface area contributed by atoms with Gasteiger partial charge in [0.25, 0.3) is 5.56 Å². The van der Waals surface area contributed by atoms with E-state index in [-0.39, 0.29) is 17.2 Å². The lowest BCUT2D eigenvalue weighted by molar-refractivity contribution is 0.200. The second kappa shape index (κ2) is 9.44. The summed E-state index contributed by atoms with van der Waals surface area (Å²) in [6.45, 7) is 1.90. The average molecular weight is 476 g/mol. The number of rotatable bonds is 4. The lowest BCUT2D eigenvalue weighted by atomic mass is 9.88. The molecule has 0 spiro atoms. The van der Waals surface area contributed by atoms with Gasteiger partial charge in [-0.25, -0.2) is 8.78 Å². The molecule has 4 nitrogen and oxygen atoms in total. The molecule has 0 radical (unpaired) electrons. The van der Waals surface area contributed by atoms with E-state index < -0.39 is 0 Å². The first-order valence-corrected chi connectivity index (χ1v) is 11.6. The van der Waals surface area contributed by atoms with E-state index in [1.54, 1.807) is 34.9 Å². The quantitative estimate of drug-likeness (QED) is 0.374. The molecule has 7 heteroatoms. The van der Waals surface area contributed by atoms with Crippen LogP contribution in [0.3, 0.4) is 0 Å². The predicted octanol–water partition coefficient (Wildman–Crippen LogP) is 5.89. The summed E-state index contributed by atoms with van der Waals surface area (Å²) in [4.78, 5) is 18.4. The van der Waals surface area contributed by atoms with Crippen molar-refractivity contribution in [1.29, 1.82) is 0 Å². The van der Waals surface area contributed by atoms with E-state index in [9.17, 15) is 13.6 Å². The molecule has 172 valence electrons. The normalized spacial score (nSPS) is 14.5. The molecule has 1 saturated heterocycles. The van der Waals surface area contributed by atoms with E-state index in [0.29, 0.717) is 16.8 Å². The van der Waals surface area contributed by atoms with Crippen LogP contribution in [0.4, 0.5) is 8.78 Å². The summed E-state index contributed by atoms with van der Waals surface area (Å²) >= 11 is 5.46. The van der Waals surface area contributed by atoms with Crippen LogP contribution in [0.5, 0.6) is 0 Å². The lowest BCUT2D eigenvalue weighted by Gasteiger charge is -2.30. The molecule has 1 fully saturated rings. The number of para-hydroxylation sites is 1. The van der Waals surface area contributed by atoms with Crippen LogP contribution in [-0.2, 0) is 6.67 Å². The van der Waals surface area contributed by atoms with E-state index in [1.165, 1.54) is 29.8 Å². The largest absolute Gasteiger partial charge is 0.332 e. The van der Waals surface area contributed by atoms with Crippen molar-refractivity contribution in [3.8, 4) is 0 Å². The van der Waals surface area contributed by atoms with Crippen LogP contribution in [0, 0.1) is 16.4 Å². The van der Waals surface area contributed by atoms with Gasteiger partial charge in [0.15, 0.2) is 4.77 Å². The monoisotopic (exact) mass is 475 g/mol. The molecule has 1 aliphatic heterocycles. The number of H-pyrrole nitrogens is 1. The van der Waals surface area contributed by atoms with Gasteiger partial charge in [0.05, 0.1) is 17.6 Å². The molecule has 34 heavy (non-hydrogen) atoms. The highest BCUT2D eigenvalue weighted by Crippen LogP contribution is 2.32. The zero-order chi connectivity index (χ0) is 23.7. The van der Waals surface area contributed by atoms with E-state index in [4.69, 9.17) is 12.2 Å². The van der Waals surface area contributed by atoms with Crippen molar-refractivity contribution in [3.63, 3.8) is 0 Å². The van der Waals surface area contributed by atoms with Crippen LogP contribution in [0.25, 0.3) is 16.5 Å². The van der Waals surface area contributed by atoms with E-state index in [0.717, 1.165) is 48.1 Å². The maximum Gasteiger partial charge on any atom is 0.263 e. The fourth-order valence-corrected chi connectivity index (χ4v) is 4.80. The fraction of sp³-hybridized carbons (Fsp3) is 0.185. The van der Waals surface area contributed by atoms with Gasteiger partial charge in [0, 0.05) is 13.1 Å².